The van der Waals surface area contributed by atoms with Crippen molar-refractivity contribution >= 4 is 17.5 Å². The van der Waals surface area contributed by atoms with E-state index in [-0.39, 0.29) is 35.0 Å². The molecule has 2 atom stereocenters. The standard InChI is InChI=1S/C13H12ClFN4O2/c1-6-11(21-6)18-13-17-10(16-12(14)19-13)8-5-7(20-2)3-4-9(8)15/h3-6,11H,1-2H3,(H,16,17,18,19). The molecule has 0 bridgehead atoms. The highest BCUT2D eigenvalue weighted by molar-refractivity contribution is 6.28. The first-order valence-electron chi connectivity index (χ1n) is 6.24. The van der Waals surface area contributed by atoms with Gasteiger partial charge in [0.2, 0.25) is 11.2 Å². The molecular formula is C13H12ClFN4O2. The minimum absolute atomic E-state index is 0.0296. The highest BCUT2D eigenvalue weighted by Gasteiger charge is 2.35. The summed E-state index contributed by atoms with van der Waals surface area (Å²) in [7, 11) is 1.50. The van der Waals surface area contributed by atoms with E-state index in [1.165, 1.54) is 25.3 Å². The molecule has 1 saturated heterocycles. The lowest BCUT2D eigenvalue weighted by molar-refractivity contribution is 0.391. The van der Waals surface area contributed by atoms with Crippen LogP contribution < -0.4 is 10.1 Å². The Kier molecular flexibility index (Phi) is 3.60. The van der Waals surface area contributed by atoms with Crippen molar-refractivity contribution in [1.29, 1.82) is 0 Å². The number of nitrogens with zero attached hydrogens (tertiary/aromatic N) is 3. The van der Waals surface area contributed by atoms with Crippen LogP contribution in [0.5, 0.6) is 5.75 Å². The van der Waals surface area contributed by atoms with E-state index in [1.807, 2.05) is 6.92 Å². The molecular weight excluding hydrogens is 299 g/mol. The highest BCUT2D eigenvalue weighted by atomic mass is 35.5. The Hall–Kier alpha value is -1.99. The fraction of sp³-hybridized carbons (Fsp3) is 0.308. The molecule has 21 heavy (non-hydrogen) atoms. The largest absolute Gasteiger partial charge is 0.497 e. The monoisotopic (exact) mass is 310 g/mol. The third-order valence-corrected chi connectivity index (χ3v) is 3.17. The Morgan fingerprint density at radius 2 is 2.10 bits per heavy atom. The maximum Gasteiger partial charge on any atom is 0.229 e. The topological polar surface area (TPSA) is 72.5 Å². The molecule has 0 amide bonds. The van der Waals surface area contributed by atoms with Gasteiger partial charge >= 0.3 is 0 Å². The Morgan fingerprint density at radius 3 is 2.76 bits per heavy atom. The highest BCUT2D eigenvalue weighted by Crippen LogP contribution is 2.27. The smallest absolute Gasteiger partial charge is 0.229 e. The molecule has 2 heterocycles. The minimum Gasteiger partial charge on any atom is -0.497 e. The third kappa shape index (κ3) is 3.03. The van der Waals surface area contributed by atoms with Gasteiger partial charge in [0.25, 0.3) is 0 Å². The van der Waals surface area contributed by atoms with Gasteiger partial charge in [-0.15, -0.1) is 0 Å². The summed E-state index contributed by atoms with van der Waals surface area (Å²) in [5, 5.41) is 2.91. The zero-order chi connectivity index (χ0) is 15.0. The van der Waals surface area contributed by atoms with Crippen LogP contribution in [0.15, 0.2) is 18.2 Å². The Labute approximate surface area is 125 Å². The number of epoxide rings is 1. The molecule has 1 aliphatic rings. The van der Waals surface area contributed by atoms with E-state index in [4.69, 9.17) is 21.1 Å². The van der Waals surface area contributed by atoms with Gasteiger partial charge in [-0.25, -0.2) is 4.39 Å². The molecule has 0 radical (unpaired) electrons. The molecule has 1 aliphatic heterocycles. The summed E-state index contributed by atoms with van der Waals surface area (Å²) in [6.07, 6.45) is -0.0796. The molecule has 0 spiro atoms. The van der Waals surface area contributed by atoms with E-state index >= 15 is 0 Å². The molecule has 8 heteroatoms. The lowest BCUT2D eigenvalue weighted by Crippen LogP contribution is -2.10. The predicted molar refractivity (Wildman–Crippen MR) is 74.7 cm³/mol. The van der Waals surface area contributed by atoms with Gasteiger partial charge in [-0.05, 0) is 36.7 Å². The molecule has 0 saturated carbocycles. The van der Waals surface area contributed by atoms with E-state index in [0.717, 1.165) is 0 Å². The number of nitrogens with one attached hydrogen (secondary N) is 1. The van der Waals surface area contributed by atoms with Crippen LogP contribution in [0.1, 0.15) is 6.92 Å². The van der Waals surface area contributed by atoms with Crippen molar-refractivity contribution < 1.29 is 13.9 Å². The van der Waals surface area contributed by atoms with E-state index < -0.39 is 5.82 Å². The second kappa shape index (κ2) is 5.42. The summed E-state index contributed by atoms with van der Waals surface area (Å²) in [5.74, 6) is 0.389. The van der Waals surface area contributed by atoms with Gasteiger partial charge in [-0.3, -0.25) is 0 Å². The number of halogens is 2. The number of hydrogen-bond acceptors (Lipinski definition) is 6. The predicted octanol–water partition coefficient (Wildman–Crippen LogP) is 2.50. The van der Waals surface area contributed by atoms with Crippen LogP contribution in [-0.2, 0) is 4.74 Å². The van der Waals surface area contributed by atoms with E-state index in [2.05, 4.69) is 20.3 Å². The summed E-state index contributed by atoms with van der Waals surface area (Å²) >= 11 is 5.87. The summed E-state index contributed by atoms with van der Waals surface area (Å²) in [6.45, 7) is 1.91. The zero-order valence-corrected chi connectivity index (χ0v) is 12.1. The molecule has 110 valence electrons. The average Bonchev–Trinajstić information content (AvgIpc) is 3.14. The first-order chi connectivity index (χ1) is 10.1. The molecule has 2 unspecified atom stereocenters. The lowest BCUT2D eigenvalue weighted by atomic mass is 10.2. The van der Waals surface area contributed by atoms with Crippen molar-refractivity contribution in [2.45, 2.75) is 19.3 Å². The molecule has 1 aromatic heterocycles. The summed E-state index contributed by atoms with van der Waals surface area (Å²) in [6, 6.07) is 4.30. The van der Waals surface area contributed by atoms with Gasteiger partial charge in [0.15, 0.2) is 12.1 Å². The molecule has 1 N–H and O–H groups in total. The van der Waals surface area contributed by atoms with Crippen LogP contribution >= 0.6 is 11.6 Å². The van der Waals surface area contributed by atoms with Crippen LogP contribution in [0, 0.1) is 5.82 Å². The van der Waals surface area contributed by atoms with Crippen molar-refractivity contribution in [3.05, 3.63) is 29.3 Å². The number of methoxy groups -OCH3 is 1. The first kappa shape index (κ1) is 14.0. The van der Waals surface area contributed by atoms with Gasteiger partial charge in [0.05, 0.1) is 12.7 Å². The summed E-state index contributed by atoms with van der Waals surface area (Å²) < 4.78 is 24.2. The quantitative estimate of drug-likeness (QED) is 0.875. The number of hydrogen-bond donors (Lipinski definition) is 1. The third-order valence-electron chi connectivity index (χ3n) is 3.00. The van der Waals surface area contributed by atoms with Crippen molar-refractivity contribution in [3.8, 4) is 17.1 Å². The molecule has 1 fully saturated rings. The Balaban J connectivity index is 1.97. The van der Waals surface area contributed by atoms with Crippen LogP contribution in [0.4, 0.5) is 10.3 Å². The van der Waals surface area contributed by atoms with Crippen LogP contribution in [-0.4, -0.2) is 34.4 Å². The van der Waals surface area contributed by atoms with Crippen molar-refractivity contribution in [2.24, 2.45) is 0 Å². The summed E-state index contributed by atoms with van der Waals surface area (Å²) in [4.78, 5) is 12.1. The lowest BCUT2D eigenvalue weighted by Gasteiger charge is -2.07. The van der Waals surface area contributed by atoms with Gasteiger partial charge in [-0.1, -0.05) is 0 Å². The van der Waals surface area contributed by atoms with Gasteiger partial charge in [0, 0.05) is 0 Å². The summed E-state index contributed by atoms with van der Waals surface area (Å²) in [5.41, 5.74) is 0.187. The second-order valence-corrected chi connectivity index (χ2v) is 4.84. The van der Waals surface area contributed by atoms with E-state index in [1.54, 1.807) is 0 Å². The maximum absolute atomic E-state index is 13.9. The minimum atomic E-state index is -0.472. The number of rotatable bonds is 4. The molecule has 6 nitrogen and oxygen atoms in total. The molecule has 2 aromatic rings. The number of anilines is 1. The number of aromatic nitrogens is 3. The van der Waals surface area contributed by atoms with E-state index in [9.17, 15) is 4.39 Å². The zero-order valence-electron chi connectivity index (χ0n) is 11.3. The van der Waals surface area contributed by atoms with Crippen molar-refractivity contribution in [3.63, 3.8) is 0 Å². The average molecular weight is 311 g/mol. The number of ether oxygens (including phenoxy) is 2. The first-order valence-corrected chi connectivity index (χ1v) is 6.62. The number of benzene rings is 1. The Morgan fingerprint density at radius 1 is 1.33 bits per heavy atom. The molecule has 0 aliphatic carbocycles. The molecule has 3 rings (SSSR count). The van der Waals surface area contributed by atoms with Gasteiger partial charge < -0.3 is 14.8 Å². The van der Waals surface area contributed by atoms with Crippen LogP contribution in [0.3, 0.4) is 0 Å². The van der Waals surface area contributed by atoms with Crippen molar-refractivity contribution in [2.75, 3.05) is 12.4 Å². The van der Waals surface area contributed by atoms with Crippen molar-refractivity contribution in [1.82, 2.24) is 15.0 Å². The Bertz CT molecular complexity index is 685. The van der Waals surface area contributed by atoms with Crippen LogP contribution in [0.25, 0.3) is 11.4 Å². The fourth-order valence-corrected chi connectivity index (χ4v) is 1.96. The van der Waals surface area contributed by atoms with Crippen LogP contribution in [0.2, 0.25) is 5.28 Å². The normalized spacial score (nSPS) is 20.2. The van der Waals surface area contributed by atoms with Gasteiger partial charge in [-0.2, -0.15) is 15.0 Å². The molecule has 1 aromatic carbocycles. The second-order valence-electron chi connectivity index (χ2n) is 4.50. The van der Waals surface area contributed by atoms with E-state index in [0.29, 0.717) is 5.75 Å². The fourth-order valence-electron chi connectivity index (χ4n) is 1.80. The maximum atomic E-state index is 13.9. The van der Waals surface area contributed by atoms with Gasteiger partial charge in [0.1, 0.15) is 17.7 Å². The SMILES string of the molecule is COc1ccc(F)c(-c2nc(Cl)nc(NC3OC3C)n2)c1.